The maximum absolute atomic E-state index is 12.4. The van der Waals surface area contributed by atoms with Crippen LogP contribution >= 0.6 is 0 Å². The van der Waals surface area contributed by atoms with Crippen molar-refractivity contribution in [1.29, 1.82) is 0 Å². The molecule has 4 nitrogen and oxygen atoms in total. The standard InChI is InChI=1S/C16H21F3N2O2/c1-3-21-10-8-13(9-11-21)20(2)15(22)12-4-6-14(7-5-12)23-16(17,18)19/h4-7,13H,3,8-11H2,1-2H3. The number of carbonyl (C=O) groups excluding carboxylic acids is 1. The van der Waals surface area contributed by atoms with Crippen LogP contribution < -0.4 is 4.74 Å². The molecule has 0 radical (unpaired) electrons. The lowest BCUT2D eigenvalue weighted by Gasteiger charge is -2.36. The molecule has 1 saturated heterocycles. The summed E-state index contributed by atoms with van der Waals surface area (Å²) < 4.78 is 40.2. The average Bonchev–Trinajstić information content (AvgIpc) is 2.53. The van der Waals surface area contributed by atoms with Crippen molar-refractivity contribution in [2.24, 2.45) is 0 Å². The third kappa shape index (κ3) is 4.86. The maximum atomic E-state index is 12.4. The third-order valence-electron chi connectivity index (χ3n) is 4.21. The smallest absolute Gasteiger partial charge is 0.406 e. The Morgan fingerprint density at radius 3 is 2.30 bits per heavy atom. The van der Waals surface area contributed by atoms with Gasteiger partial charge in [0.15, 0.2) is 0 Å². The highest BCUT2D eigenvalue weighted by Gasteiger charge is 2.31. The lowest BCUT2D eigenvalue weighted by atomic mass is 10.0. The Balaban J connectivity index is 1.97. The SMILES string of the molecule is CCN1CCC(N(C)C(=O)c2ccc(OC(F)(F)F)cc2)CC1. The first-order chi connectivity index (χ1) is 10.8. The van der Waals surface area contributed by atoms with Crippen LogP contribution in [0.3, 0.4) is 0 Å². The Kier molecular flexibility index (Phi) is 5.51. The normalized spacial score (nSPS) is 17.1. The summed E-state index contributed by atoms with van der Waals surface area (Å²) in [6.45, 7) is 5.03. The van der Waals surface area contributed by atoms with Gasteiger partial charge in [0, 0.05) is 31.7 Å². The highest BCUT2D eigenvalue weighted by molar-refractivity contribution is 5.94. The van der Waals surface area contributed by atoms with Gasteiger partial charge in [-0.2, -0.15) is 0 Å². The summed E-state index contributed by atoms with van der Waals surface area (Å²) >= 11 is 0. The molecule has 0 aliphatic carbocycles. The molecule has 7 heteroatoms. The van der Waals surface area contributed by atoms with Gasteiger partial charge in [-0.1, -0.05) is 6.92 Å². The molecule has 1 aliphatic rings. The number of carbonyl (C=O) groups is 1. The van der Waals surface area contributed by atoms with Gasteiger partial charge in [-0.3, -0.25) is 4.79 Å². The van der Waals surface area contributed by atoms with E-state index in [1.165, 1.54) is 12.1 Å². The van der Waals surface area contributed by atoms with Crippen molar-refractivity contribution in [3.05, 3.63) is 29.8 Å². The van der Waals surface area contributed by atoms with E-state index < -0.39 is 6.36 Å². The number of alkyl halides is 3. The van der Waals surface area contributed by atoms with Gasteiger partial charge in [0.05, 0.1) is 0 Å². The maximum Gasteiger partial charge on any atom is 0.573 e. The molecule has 0 N–H and O–H groups in total. The molecule has 1 aromatic rings. The number of piperidine rings is 1. The predicted molar refractivity (Wildman–Crippen MR) is 80.4 cm³/mol. The quantitative estimate of drug-likeness (QED) is 0.850. The lowest BCUT2D eigenvalue weighted by molar-refractivity contribution is -0.274. The fourth-order valence-electron chi connectivity index (χ4n) is 2.79. The van der Waals surface area contributed by atoms with Crippen molar-refractivity contribution in [3.63, 3.8) is 0 Å². The molecule has 2 rings (SSSR count). The van der Waals surface area contributed by atoms with Crippen LogP contribution in [0.25, 0.3) is 0 Å². The number of rotatable bonds is 4. The second-order valence-corrected chi connectivity index (χ2v) is 5.65. The number of amides is 1. The molecule has 0 spiro atoms. The van der Waals surface area contributed by atoms with Gasteiger partial charge in [0.1, 0.15) is 5.75 Å². The van der Waals surface area contributed by atoms with E-state index in [9.17, 15) is 18.0 Å². The summed E-state index contributed by atoms with van der Waals surface area (Å²) in [4.78, 5) is 16.5. The van der Waals surface area contributed by atoms with E-state index in [1.807, 2.05) is 0 Å². The van der Waals surface area contributed by atoms with E-state index in [4.69, 9.17) is 0 Å². The fourth-order valence-corrected chi connectivity index (χ4v) is 2.79. The van der Waals surface area contributed by atoms with Crippen LogP contribution in [0.5, 0.6) is 5.75 Å². The van der Waals surface area contributed by atoms with Gasteiger partial charge in [-0.25, -0.2) is 0 Å². The van der Waals surface area contributed by atoms with Gasteiger partial charge in [0.25, 0.3) is 5.91 Å². The summed E-state index contributed by atoms with van der Waals surface area (Å²) in [5.74, 6) is -0.508. The molecule has 1 fully saturated rings. The zero-order valence-electron chi connectivity index (χ0n) is 13.3. The zero-order valence-corrected chi connectivity index (χ0v) is 13.3. The Bertz CT molecular complexity index is 523. The largest absolute Gasteiger partial charge is 0.573 e. The molecular weight excluding hydrogens is 309 g/mol. The molecule has 1 aromatic carbocycles. The minimum Gasteiger partial charge on any atom is -0.406 e. The van der Waals surface area contributed by atoms with Gasteiger partial charge in [0.2, 0.25) is 0 Å². The van der Waals surface area contributed by atoms with E-state index in [0.29, 0.717) is 5.56 Å². The van der Waals surface area contributed by atoms with Crippen molar-refractivity contribution in [2.75, 3.05) is 26.7 Å². The van der Waals surface area contributed by atoms with Gasteiger partial charge in [-0.15, -0.1) is 13.2 Å². The summed E-state index contributed by atoms with van der Waals surface area (Å²) in [6, 6.07) is 5.21. The first kappa shape index (κ1) is 17.6. The zero-order chi connectivity index (χ0) is 17.0. The highest BCUT2D eigenvalue weighted by Crippen LogP contribution is 2.24. The molecule has 128 valence electrons. The number of benzene rings is 1. The topological polar surface area (TPSA) is 32.8 Å². The van der Waals surface area contributed by atoms with Crippen molar-refractivity contribution in [3.8, 4) is 5.75 Å². The molecule has 1 aliphatic heterocycles. The highest BCUT2D eigenvalue weighted by atomic mass is 19.4. The van der Waals surface area contributed by atoms with Crippen LogP contribution in [0.2, 0.25) is 0 Å². The summed E-state index contributed by atoms with van der Waals surface area (Å²) in [5.41, 5.74) is 0.361. The monoisotopic (exact) mass is 330 g/mol. The van der Waals surface area contributed by atoms with E-state index in [2.05, 4.69) is 16.6 Å². The van der Waals surface area contributed by atoms with E-state index in [1.54, 1.807) is 11.9 Å². The number of nitrogens with zero attached hydrogens (tertiary/aromatic N) is 2. The first-order valence-corrected chi connectivity index (χ1v) is 7.65. The predicted octanol–water partition coefficient (Wildman–Crippen LogP) is 3.14. The molecule has 0 aromatic heterocycles. The van der Waals surface area contributed by atoms with Crippen LogP contribution in [0.1, 0.15) is 30.1 Å². The Morgan fingerprint density at radius 1 is 1.26 bits per heavy atom. The first-order valence-electron chi connectivity index (χ1n) is 7.65. The molecule has 0 unspecified atom stereocenters. The molecule has 0 atom stereocenters. The lowest BCUT2D eigenvalue weighted by Crippen LogP contribution is -2.45. The third-order valence-corrected chi connectivity index (χ3v) is 4.21. The van der Waals surface area contributed by atoms with E-state index in [0.717, 1.165) is 44.6 Å². The van der Waals surface area contributed by atoms with Crippen LogP contribution in [-0.4, -0.2) is 54.8 Å². The minimum absolute atomic E-state index is 0.163. The molecule has 0 saturated carbocycles. The minimum atomic E-state index is -4.73. The summed E-state index contributed by atoms with van der Waals surface area (Å²) in [5, 5.41) is 0. The van der Waals surface area contributed by atoms with Crippen molar-refractivity contribution >= 4 is 5.91 Å². The van der Waals surface area contributed by atoms with Crippen molar-refractivity contribution < 1.29 is 22.7 Å². The Labute approximate surface area is 133 Å². The fraction of sp³-hybridized carbons (Fsp3) is 0.562. The van der Waals surface area contributed by atoms with Gasteiger partial charge in [-0.05, 0) is 43.7 Å². The number of likely N-dealkylation sites (tertiary alicyclic amines) is 1. The number of halogens is 3. The second-order valence-electron chi connectivity index (χ2n) is 5.65. The summed E-state index contributed by atoms with van der Waals surface area (Å²) in [6.07, 6.45) is -2.91. The van der Waals surface area contributed by atoms with Gasteiger partial charge < -0.3 is 14.5 Å². The number of hydrogen-bond donors (Lipinski definition) is 0. The number of ether oxygens (including phenoxy) is 1. The summed E-state index contributed by atoms with van der Waals surface area (Å²) in [7, 11) is 1.74. The van der Waals surface area contributed by atoms with Crippen molar-refractivity contribution in [2.45, 2.75) is 32.2 Å². The Hall–Kier alpha value is -1.76. The van der Waals surface area contributed by atoms with E-state index in [-0.39, 0.29) is 17.7 Å². The molecular formula is C16H21F3N2O2. The number of hydrogen-bond acceptors (Lipinski definition) is 3. The molecule has 0 bridgehead atoms. The van der Waals surface area contributed by atoms with Crippen LogP contribution in [-0.2, 0) is 0 Å². The van der Waals surface area contributed by atoms with Crippen molar-refractivity contribution in [1.82, 2.24) is 9.80 Å². The Morgan fingerprint density at radius 2 is 1.83 bits per heavy atom. The second kappa shape index (κ2) is 7.21. The molecule has 1 heterocycles. The van der Waals surface area contributed by atoms with Crippen LogP contribution in [0.15, 0.2) is 24.3 Å². The average molecular weight is 330 g/mol. The van der Waals surface area contributed by atoms with Gasteiger partial charge >= 0.3 is 6.36 Å². The van der Waals surface area contributed by atoms with Crippen LogP contribution in [0, 0.1) is 0 Å². The molecule has 23 heavy (non-hydrogen) atoms. The van der Waals surface area contributed by atoms with Crippen LogP contribution in [0.4, 0.5) is 13.2 Å². The van der Waals surface area contributed by atoms with E-state index >= 15 is 0 Å². The molecule has 1 amide bonds.